The predicted molar refractivity (Wildman–Crippen MR) is 58.5 cm³/mol. The van der Waals surface area contributed by atoms with E-state index in [0.29, 0.717) is 5.01 Å². The van der Waals surface area contributed by atoms with Crippen molar-refractivity contribution < 1.29 is 13.6 Å². The van der Waals surface area contributed by atoms with Gasteiger partial charge in [0.15, 0.2) is 0 Å². The van der Waals surface area contributed by atoms with Gasteiger partial charge in [-0.3, -0.25) is 4.79 Å². The lowest BCUT2D eigenvalue weighted by Gasteiger charge is -2.24. The van der Waals surface area contributed by atoms with Crippen LogP contribution in [0.4, 0.5) is 8.78 Å². The third-order valence-corrected chi connectivity index (χ3v) is 3.26. The van der Waals surface area contributed by atoms with Gasteiger partial charge in [-0.25, -0.2) is 13.8 Å². The van der Waals surface area contributed by atoms with Gasteiger partial charge < -0.3 is 5.32 Å². The van der Waals surface area contributed by atoms with Gasteiger partial charge in [0.05, 0.1) is 6.04 Å². The van der Waals surface area contributed by atoms with Gasteiger partial charge in [0.25, 0.3) is 6.43 Å². The minimum absolute atomic E-state index is 0.342. The molecule has 0 aliphatic carbocycles. The maximum absolute atomic E-state index is 12.6. The van der Waals surface area contributed by atoms with Gasteiger partial charge in [-0.2, -0.15) is 0 Å². The highest BCUT2D eigenvalue weighted by Gasteiger charge is 2.38. The van der Waals surface area contributed by atoms with Crippen molar-refractivity contribution in [3.63, 3.8) is 0 Å². The summed E-state index contributed by atoms with van der Waals surface area (Å²) in [4.78, 5) is 15.6. The molecule has 0 bridgehead atoms. The molecule has 1 aromatic heterocycles. The van der Waals surface area contributed by atoms with E-state index in [9.17, 15) is 13.6 Å². The monoisotopic (exact) mass is 248 g/mol. The van der Waals surface area contributed by atoms with E-state index in [4.69, 9.17) is 0 Å². The fourth-order valence-corrected chi connectivity index (χ4v) is 1.64. The molecule has 1 amide bonds. The highest BCUT2D eigenvalue weighted by atomic mass is 32.1. The Morgan fingerprint density at radius 1 is 1.56 bits per heavy atom. The predicted octanol–water partition coefficient (Wildman–Crippen LogP) is 2.61. The number of nitrogens with zero attached hydrogens (tertiary/aromatic N) is 1. The van der Waals surface area contributed by atoms with Crippen LogP contribution in [-0.2, 0) is 4.79 Å². The second kappa shape index (κ2) is 4.86. The van der Waals surface area contributed by atoms with Gasteiger partial charge >= 0.3 is 0 Å². The zero-order valence-corrected chi connectivity index (χ0v) is 10.1. The third kappa shape index (κ3) is 2.75. The van der Waals surface area contributed by atoms with Gasteiger partial charge in [-0.15, -0.1) is 11.3 Å². The number of carbonyl (C=O) groups excluding carboxylic acids is 1. The Morgan fingerprint density at radius 3 is 2.62 bits per heavy atom. The highest BCUT2D eigenvalue weighted by molar-refractivity contribution is 7.09. The second-order valence-electron chi connectivity index (χ2n) is 4.09. The molecule has 90 valence electrons. The Hall–Kier alpha value is -1.04. The zero-order chi connectivity index (χ0) is 12.3. The van der Waals surface area contributed by atoms with Gasteiger partial charge in [0, 0.05) is 11.6 Å². The van der Waals surface area contributed by atoms with Crippen molar-refractivity contribution in [3.05, 3.63) is 16.6 Å². The summed E-state index contributed by atoms with van der Waals surface area (Å²) >= 11 is 1.38. The van der Waals surface area contributed by atoms with Crippen molar-refractivity contribution in [2.75, 3.05) is 0 Å². The van der Waals surface area contributed by atoms with Crippen LogP contribution in [0.5, 0.6) is 0 Å². The molecular weight excluding hydrogens is 234 g/mol. The van der Waals surface area contributed by atoms with Crippen LogP contribution in [0.1, 0.15) is 31.8 Å². The van der Waals surface area contributed by atoms with Crippen LogP contribution in [0.2, 0.25) is 0 Å². The Bertz CT molecular complexity index is 352. The highest BCUT2D eigenvalue weighted by Crippen LogP contribution is 2.26. The van der Waals surface area contributed by atoms with E-state index < -0.39 is 17.7 Å². The van der Waals surface area contributed by atoms with Gasteiger partial charge in [-0.05, 0) is 20.8 Å². The van der Waals surface area contributed by atoms with Crippen LogP contribution in [0.15, 0.2) is 11.6 Å². The van der Waals surface area contributed by atoms with Crippen molar-refractivity contribution in [2.24, 2.45) is 5.41 Å². The molecule has 0 saturated heterocycles. The van der Waals surface area contributed by atoms with E-state index in [1.54, 1.807) is 18.5 Å². The summed E-state index contributed by atoms with van der Waals surface area (Å²) in [5, 5.41) is 5.01. The molecule has 0 radical (unpaired) electrons. The molecule has 0 aromatic carbocycles. The fourth-order valence-electron chi connectivity index (χ4n) is 0.992. The van der Waals surface area contributed by atoms with E-state index in [1.807, 2.05) is 0 Å². The Balaban J connectivity index is 2.65. The minimum Gasteiger partial charge on any atom is -0.346 e. The molecular formula is C10H14F2N2OS. The van der Waals surface area contributed by atoms with Crippen LogP contribution >= 0.6 is 11.3 Å². The minimum atomic E-state index is -2.68. The quantitative estimate of drug-likeness (QED) is 0.890. The summed E-state index contributed by atoms with van der Waals surface area (Å²) < 4.78 is 25.2. The number of thiazole rings is 1. The molecule has 1 heterocycles. The molecule has 0 aliphatic heterocycles. The Kier molecular flexibility index (Phi) is 3.96. The van der Waals surface area contributed by atoms with E-state index >= 15 is 0 Å². The van der Waals surface area contributed by atoms with Crippen LogP contribution in [0, 0.1) is 5.41 Å². The number of hydrogen-bond donors (Lipinski definition) is 1. The molecule has 0 aliphatic rings. The van der Waals surface area contributed by atoms with E-state index in [2.05, 4.69) is 10.3 Å². The number of amides is 1. The van der Waals surface area contributed by atoms with Gasteiger partial charge in [0.2, 0.25) is 5.91 Å². The van der Waals surface area contributed by atoms with Crippen molar-refractivity contribution in [2.45, 2.75) is 33.2 Å². The normalized spacial score (nSPS) is 13.9. The lowest BCUT2D eigenvalue weighted by Crippen LogP contribution is -2.42. The number of rotatable bonds is 4. The summed E-state index contributed by atoms with van der Waals surface area (Å²) in [7, 11) is 0. The number of nitrogens with one attached hydrogen (secondary N) is 1. The zero-order valence-electron chi connectivity index (χ0n) is 9.33. The van der Waals surface area contributed by atoms with Crippen molar-refractivity contribution in [3.8, 4) is 0 Å². The van der Waals surface area contributed by atoms with Crippen LogP contribution in [0.25, 0.3) is 0 Å². The van der Waals surface area contributed by atoms with Crippen molar-refractivity contribution in [1.29, 1.82) is 0 Å². The van der Waals surface area contributed by atoms with E-state index in [-0.39, 0.29) is 6.04 Å². The average Bonchev–Trinajstić information content (AvgIpc) is 2.69. The second-order valence-corrected chi connectivity index (χ2v) is 5.01. The van der Waals surface area contributed by atoms with Crippen LogP contribution in [-0.4, -0.2) is 17.3 Å². The molecule has 1 rings (SSSR count). The molecule has 0 fully saturated rings. The fraction of sp³-hybridized carbons (Fsp3) is 0.600. The number of halogens is 2. The summed E-state index contributed by atoms with van der Waals surface area (Å²) in [5.74, 6) is -0.662. The maximum atomic E-state index is 12.6. The molecule has 1 atom stereocenters. The van der Waals surface area contributed by atoms with Crippen LogP contribution < -0.4 is 5.32 Å². The number of hydrogen-bond acceptors (Lipinski definition) is 3. The first-order valence-electron chi connectivity index (χ1n) is 4.84. The summed E-state index contributed by atoms with van der Waals surface area (Å²) in [6.07, 6.45) is -1.07. The first-order valence-corrected chi connectivity index (χ1v) is 5.72. The molecule has 1 N–H and O–H groups in total. The largest absolute Gasteiger partial charge is 0.346 e. The van der Waals surface area contributed by atoms with E-state index in [1.165, 1.54) is 25.2 Å². The van der Waals surface area contributed by atoms with Gasteiger partial charge in [-0.1, -0.05) is 0 Å². The number of alkyl halides is 2. The number of aromatic nitrogens is 1. The molecule has 0 spiro atoms. The molecule has 6 heteroatoms. The lowest BCUT2D eigenvalue weighted by molar-refractivity contribution is -0.138. The third-order valence-electron chi connectivity index (χ3n) is 2.30. The molecule has 0 saturated carbocycles. The number of carbonyl (C=O) groups is 1. The lowest BCUT2D eigenvalue weighted by atomic mass is 9.93. The maximum Gasteiger partial charge on any atom is 0.252 e. The molecule has 3 nitrogen and oxygen atoms in total. The van der Waals surface area contributed by atoms with Crippen LogP contribution in [0.3, 0.4) is 0 Å². The Labute approximate surface area is 96.9 Å². The first kappa shape index (κ1) is 13.0. The van der Waals surface area contributed by atoms with Crippen molar-refractivity contribution in [1.82, 2.24) is 10.3 Å². The summed E-state index contributed by atoms with van der Waals surface area (Å²) in [6, 6.07) is -0.342. The standard InChI is InChI=1S/C10H14F2N2OS/c1-6(7-13-4-5-16-7)14-9(15)10(2,3)8(11)12/h4-6,8H,1-3H3,(H,14,15)/t6-/m1/s1. The van der Waals surface area contributed by atoms with E-state index in [0.717, 1.165) is 0 Å². The topological polar surface area (TPSA) is 42.0 Å². The summed E-state index contributed by atoms with van der Waals surface area (Å²) in [5.41, 5.74) is -1.68. The molecule has 0 unspecified atom stereocenters. The smallest absolute Gasteiger partial charge is 0.252 e. The van der Waals surface area contributed by atoms with Gasteiger partial charge in [0.1, 0.15) is 10.4 Å². The molecule has 16 heavy (non-hydrogen) atoms. The summed E-state index contributed by atoms with van der Waals surface area (Å²) in [6.45, 7) is 4.17. The van der Waals surface area contributed by atoms with Crippen molar-refractivity contribution >= 4 is 17.2 Å². The Morgan fingerprint density at radius 2 is 2.19 bits per heavy atom. The average molecular weight is 248 g/mol. The SMILES string of the molecule is C[C@@H](NC(=O)C(C)(C)C(F)F)c1nccs1. The first-order chi connectivity index (χ1) is 7.35. The molecule has 1 aromatic rings.